The molecule has 0 radical (unpaired) electrons. The lowest BCUT2D eigenvalue weighted by atomic mass is 10.4. The van der Waals surface area contributed by atoms with E-state index in [0.29, 0.717) is 0 Å². The summed E-state index contributed by atoms with van der Waals surface area (Å²) in [6.45, 7) is 0. The quantitative estimate of drug-likeness (QED) is 0.864. The molecule has 15 heavy (non-hydrogen) atoms. The summed E-state index contributed by atoms with van der Waals surface area (Å²) in [5, 5.41) is 1.97. The predicted octanol–water partition coefficient (Wildman–Crippen LogP) is 2.69. The number of carbonyl (C=O) groups excluding carboxylic acids is 1. The zero-order valence-electron chi connectivity index (χ0n) is 7.78. The third-order valence-corrected chi connectivity index (χ3v) is 3.51. The van der Waals surface area contributed by atoms with E-state index in [9.17, 15) is 4.79 Å². The Morgan fingerprint density at radius 3 is 3.07 bits per heavy atom. The van der Waals surface area contributed by atoms with Gasteiger partial charge in [-0.1, -0.05) is 0 Å². The molecule has 0 aromatic carbocycles. The molecule has 0 atom stereocenters. The average Bonchev–Trinajstić information content (AvgIpc) is 2.84. The summed E-state index contributed by atoms with van der Waals surface area (Å²) in [4.78, 5) is 19.0. The second-order valence-electron chi connectivity index (χ2n) is 2.77. The highest BCUT2D eigenvalue weighted by atomic mass is 79.9. The fourth-order valence-corrected chi connectivity index (χ4v) is 2.50. The molecule has 0 spiro atoms. The number of rotatable bonds is 2. The number of hydrogen-bond acceptors (Lipinski definition) is 4. The molecule has 0 amide bonds. The molecule has 0 aliphatic heterocycles. The van der Waals surface area contributed by atoms with E-state index in [4.69, 9.17) is 0 Å². The second kappa shape index (κ2) is 4.16. The second-order valence-corrected chi connectivity index (χ2v) is 4.59. The number of aromatic amines is 1. The van der Waals surface area contributed by atoms with Crippen molar-refractivity contribution in [3.8, 4) is 10.6 Å². The first kappa shape index (κ1) is 10.4. The lowest BCUT2D eigenvalue weighted by molar-refractivity contribution is 0.0588. The Kier molecular flexibility index (Phi) is 2.88. The highest BCUT2D eigenvalue weighted by Crippen LogP contribution is 2.28. The largest absolute Gasteiger partial charge is 0.463 e. The minimum atomic E-state index is -0.461. The van der Waals surface area contributed by atoms with E-state index in [-0.39, 0.29) is 5.82 Å². The van der Waals surface area contributed by atoms with Crippen LogP contribution in [0.15, 0.2) is 22.1 Å². The molecule has 2 heterocycles. The highest BCUT2D eigenvalue weighted by Gasteiger charge is 2.11. The van der Waals surface area contributed by atoms with Crippen molar-refractivity contribution in [2.24, 2.45) is 0 Å². The van der Waals surface area contributed by atoms with E-state index in [2.05, 4.69) is 30.6 Å². The maximum Gasteiger partial charge on any atom is 0.374 e. The van der Waals surface area contributed by atoms with Gasteiger partial charge in [0.15, 0.2) is 0 Å². The number of carbonyl (C=O) groups is 1. The number of methoxy groups -OCH3 is 1. The van der Waals surface area contributed by atoms with Gasteiger partial charge in [0.05, 0.1) is 23.9 Å². The van der Waals surface area contributed by atoms with Crippen molar-refractivity contribution in [1.82, 2.24) is 9.97 Å². The van der Waals surface area contributed by atoms with Crippen LogP contribution < -0.4 is 0 Å². The number of aromatic nitrogens is 2. The summed E-state index contributed by atoms with van der Waals surface area (Å²) in [5.41, 5.74) is 0.811. The first-order valence-electron chi connectivity index (χ1n) is 4.08. The molecule has 2 rings (SSSR count). The maximum atomic E-state index is 11.1. The van der Waals surface area contributed by atoms with Crippen LogP contribution in [0.1, 0.15) is 10.6 Å². The van der Waals surface area contributed by atoms with Gasteiger partial charge in [-0.25, -0.2) is 9.78 Å². The Hall–Kier alpha value is -1.14. The molecule has 0 fully saturated rings. The molecular formula is C9H7BrN2O2S. The van der Waals surface area contributed by atoms with E-state index >= 15 is 0 Å². The lowest BCUT2D eigenvalue weighted by Crippen LogP contribution is -2.02. The number of imidazole rings is 1. The fourth-order valence-electron chi connectivity index (χ4n) is 1.10. The summed E-state index contributed by atoms with van der Waals surface area (Å²) in [5.74, 6) is -0.242. The normalized spacial score (nSPS) is 10.3. The molecule has 0 saturated carbocycles. The molecule has 0 saturated heterocycles. The van der Waals surface area contributed by atoms with Crippen LogP contribution in [0.5, 0.6) is 0 Å². The minimum absolute atomic E-state index is 0.219. The highest BCUT2D eigenvalue weighted by molar-refractivity contribution is 9.10. The molecule has 4 nitrogen and oxygen atoms in total. The smallest absolute Gasteiger partial charge is 0.374 e. The van der Waals surface area contributed by atoms with Crippen molar-refractivity contribution in [3.05, 3.63) is 27.9 Å². The SMILES string of the molecule is COC(=O)c1ncc(-c2cc(Br)cs2)[nH]1. The van der Waals surface area contributed by atoms with Crippen LogP contribution in [0.3, 0.4) is 0 Å². The number of thiophene rings is 1. The summed E-state index contributed by atoms with van der Waals surface area (Å²) < 4.78 is 5.56. The van der Waals surface area contributed by atoms with Crippen molar-refractivity contribution < 1.29 is 9.53 Å². The molecule has 0 bridgehead atoms. The molecular weight excluding hydrogens is 280 g/mol. The Morgan fingerprint density at radius 2 is 2.47 bits per heavy atom. The van der Waals surface area contributed by atoms with Gasteiger partial charge in [-0.05, 0) is 22.0 Å². The van der Waals surface area contributed by atoms with Gasteiger partial charge in [-0.3, -0.25) is 0 Å². The lowest BCUT2D eigenvalue weighted by Gasteiger charge is -1.92. The van der Waals surface area contributed by atoms with Gasteiger partial charge in [-0.2, -0.15) is 0 Å². The van der Waals surface area contributed by atoms with Crippen molar-refractivity contribution in [3.63, 3.8) is 0 Å². The number of ether oxygens (including phenoxy) is 1. The Morgan fingerprint density at radius 1 is 1.67 bits per heavy atom. The van der Waals surface area contributed by atoms with Crippen molar-refractivity contribution in [2.45, 2.75) is 0 Å². The van der Waals surface area contributed by atoms with E-state index in [1.54, 1.807) is 17.5 Å². The van der Waals surface area contributed by atoms with Crippen LogP contribution in [-0.2, 0) is 4.74 Å². The molecule has 2 aromatic heterocycles. The molecule has 2 aromatic rings. The standard InChI is InChI=1S/C9H7BrN2O2S/c1-14-9(13)8-11-3-6(12-8)7-2-5(10)4-15-7/h2-4H,1H3,(H,11,12). The molecule has 1 N–H and O–H groups in total. The summed E-state index contributed by atoms with van der Waals surface area (Å²) in [7, 11) is 1.33. The minimum Gasteiger partial charge on any atom is -0.463 e. The van der Waals surface area contributed by atoms with Gasteiger partial charge >= 0.3 is 5.97 Å². The van der Waals surface area contributed by atoms with Crippen molar-refractivity contribution in [1.29, 1.82) is 0 Å². The molecule has 78 valence electrons. The van der Waals surface area contributed by atoms with E-state index in [0.717, 1.165) is 15.0 Å². The number of halogens is 1. The monoisotopic (exact) mass is 286 g/mol. The van der Waals surface area contributed by atoms with Gasteiger partial charge in [0, 0.05) is 9.85 Å². The average molecular weight is 287 g/mol. The van der Waals surface area contributed by atoms with Crippen LogP contribution in [0, 0.1) is 0 Å². The van der Waals surface area contributed by atoms with Gasteiger partial charge < -0.3 is 9.72 Å². The summed E-state index contributed by atoms with van der Waals surface area (Å²) in [6, 6.07) is 1.96. The molecule has 0 aliphatic carbocycles. The number of H-pyrrole nitrogens is 1. The third kappa shape index (κ3) is 2.10. The number of nitrogens with one attached hydrogen (secondary N) is 1. The van der Waals surface area contributed by atoms with E-state index in [1.165, 1.54) is 7.11 Å². The summed E-state index contributed by atoms with van der Waals surface area (Å²) >= 11 is 4.93. The van der Waals surface area contributed by atoms with Gasteiger partial charge in [0.2, 0.25) is 5.82 Å². The Bertz CT molecular complexity index is 492. The maximum absolute atomic E-state index is 11.1. The first-order chi connectivity index (χ1) is 7.20. The zero-order valence-corrected chi connectivity index (χ0v) is 10.2. The van der Waals surface area contributed by atoms with Gasteiger partial charge in [0.1, 0.15) is 0 Å². The van der Waals surface area contributed by atoms with E-state index < -0.39 is 5.97 Å². The van der Waals surface area contributed by atoms with Crippen molar-refractivity contribution >= 4 is 33.2 Å². The van der Waals surface area contributed by atoms with Gasteiger partial charge in [-0.15, -0.1) is 11.3 Å². The fraction of sp³-hybridized carbons (Fsp3) is 0.111. The van der Waals surface area contributed by atoms with E-state index in [1.807, 2.05) is 11.4 Å². The number of hydrogen-bond donors (Lipinski definition) is 1. The van der Waals surface area contributed by atoms with Crippen LogP contribution >= 0.6 is 27.3 Å². The Balaban J connectivity index is 2.31. The molecule has 0 aliphatic rings. The molecule has 6 heteroatoms. The third-order valence-electron chi connectivity index (χ3n) is 1.79. The summed E-state index contributed by atoms with van der Waals surface area (Å²) in [6.07, 6.45) is 1.62. The first-order valence-corrected chi connectivity index (χ1v) is 5.75. The Labute approximate surface area is 98.4 Å². The predicted molar refractivity (Wildman–Crippen MR) is 60.9 cm³/mol. The topological polar surface area (TPSA) is 55.0 Å². The van der Waals surface area contributed by atoms with Crippen LogP contribution in [0.2, 0.25) is 0 Å². The molecule has 0 unspecified atom stereocenters. The van der Waals surface area contributed by atoms with Gasteiger partial charge in [0.25, 0.3) is 0 Å². The number of nitrogens with zero attached hydrogens (tertiary/aromatic N) is 1. The number of esters is 1. The van der Waals surface area contributed by atoms with Crippen LogP contribution in [0.25, 0.3) is 10.6 Å². The van der Waals surface area contributed by atoms with Crippen LogP contribution in [-0.4, -0.2) is 23.0 Å². The van der Waals surface area contributed by atoms with Crippen LogP contribution in [0.4, 0.5) is 0 Å². The van der Waals surface area contributed by atoms with Crippen molar-refractivity contribution in [2.75, 3.05) is 7.11 Å². The zero-order chi connectivity index (χ0) is 10.8.